The fourth-order valence-corrected chi connectivity index (χ4v) is 2.55. The molecule has 1 amide bonds. The van der Waals surface area contributed by atoms with E-state index in [1.165, 1.54) is 5.56 Å². The largest absolute Gasteiger partial charge is 0.397 e. The maximum atomic E-state index is 12.4. The number of nitrogens with two attached hydrogens (primary N) is 1. The van der Waals surface area contributed by atoms with E-state index >= 15 is 0 Å². The number of hydrogen-bond acceptors (Lipinski definition) is 3. The number of anilines is 2. The molecule has 0 unspecified atom stereocenters. The van der Waals surface area contributed by atoms with Crippen LogP contribution in [0.5, 0.6) is 0 Å². The smallest absolute Gasteiger partial charge is 0.255 e. The maximum Gasteiger partial charge on any atom is 0.255 e. The molecule has 0 aromatic heterocycles. The van der Waals surface area contributed by atoms with Gasteiger partial charge in [0, 0.05) is 10.5 Å². The number of nitrogen functional groups attached to an aromatic ring is 1. The molecule has 0 saturated carbocycles. The van der Waals surface area contributed by atoms with Gasteiger partial charge in [-0.3, -0.25) is 4.79 Å². The van der Waals surface area contributed by atoms with Crippen molar-refractivity contribution in [1.82, 2.24) is 0 Å². The summed E-state index contributed by atoms with van der Waals surface area (Å²) in [5, 5.41) is 2.88. The summed E-state index contributed by atoms with van der Waals surface area (Å²) in [7, 11) is 0. The van der Waals surface area contributed by atoms with Crippen LogP contribution in [0.25, 0.3) is 11.1 Å². The van der Waals surface area contributed by atoms with Crippen molar-refractivity contribution in [3.8, 4) is 11.1 Å². The number of amides is 1. The van der Waals surface area contributed by atoms with Crippen LogP contribution in [0.4, 0.5) is 11.4 Å². The number of aryl methyl sites for hydroxylation is 1. The van der Waals surface area contributed by atoms with Gasteiger partial charge in [-0.25, -0.2) is 0 Å². The Morgan fingerprint density at radius 2 is 1.54 bits per heavy atom. The molecule has 0 atom stereocenters. The van der Waals surface area contributed by atoms with Gasteiger partial charge in [-0.1, -0.05) is 35.9 Å². The molecule has 0 bridgehead atoms. The number of benzene rings is 3. The number of carbonyl (C=O) groups is 1. The van der Waals surface area contributed by atoms with Crippen LogP contribution in [0.1, 0.15) is 15.9 Å². The second-order valence-electron chi connectivity index (χ2n) is 5.67. The van der Waals surface area contributed by atoms with E-state index in [9.17, 15) is 4.79 Å². The molecule has 3 aromatic carbocycles. The van der Waals surface area contributed by atoms with Crippen LogP contribution in [0.15, 0.2) is 71.6 Å². The van der Waals surface area contributed by atoms with Crippen LogP contribution < -0.4 is 11.1 Å². The standard InChI is InChI=1S/C20H18N2OS/c1-13-2-4-14(5-3-13)16-8-11-18(21)19(12-16)22-20(23)15-6-9-17(24)10-7-15/h2-12,24H,21H2,1H3,(H,22,23). The molecule has 0 spiro atoms. The number of carbonyl (C=O) groups excluding carboxylic acids is 1. The molecule has 120 valence electrons. The van der Waals surface area contributed by atoms with E-state index < -0.39 is 0 Å². The van der Waals surface area contributed by atoms with Crippen LogP contribution in [0, 0.1) is 6.92 Å². The number of rotatable bonds is 3. The molecular formula is C20H18N2OS. The molecule has 0 radical (unpaired) electrons. The van der Waals surface area contributed by atoms with Crippen molar-refractivity contribution in [3.63, 3.8) is 0 Å². The molecular weight excluding hydrogens is 316 g/mol. The Kier molecular flexibility index (Phi) is 4.58. The van der Waals surface area contributed by atoms with E-state index in [4.69, 9.17) is 5.73 Å². The first-order chi connectivity index (χ1) is 11.5. The minimum absolute atomic E-state index is 0.198. The van der Waals surface area contributed by atoms with Crippen molar-refractivity contribution in [2.45, 2.75) is 11.8 Å². The molecule has 0 aliphatic heterocycles. The first kappa shape index (κ1) is 16.1. The average Bonchev–Trinajstić information content (AvgIpc) is 2.58. The lowest BCUT2D eigenvalue weighted by atomic mass is 10.0. The van der Waals surface area contributed by atoms with E-state index in [-0.39, 0.29) is 5.91 Å². The molecule has 3 rings (SSSR count). The molecule has 0 fully saturated rings. The van der Waals surface area contributed by atoms with Crippen LogP contribution >= 0.6 is 12.6 Å². The van der Waals surface area contributed by atoms with Crippen LogP contribution in [-0.2, 0) is 0 Å². The summed E-state index contributed by atoms with van der Waals surface area (Å²) in [6.07, 6.45) is 0. The third kappa shape index (κ3) is 3.60. The second kappa shape index (κ2) is 6.81. The van der Waals surface area contributed by atoms with Crippen molar-refractivity contribution in [3.05, 3.63) is 77.9 Å². The van der Waals surface area contributed by atoms with E-state index in [1.54, 1.807) is 24.3 Å². The molecule has 3 nitrogen and oxygen atoms in total. The van der Waals surface area contributed by atoms with Crippen molar-refractivity contribution in [2.75, 3.05) is 11.1 Å². The predicted molar refractivity (Wildman–Crippen MR) is 103 cm³/mol. The van der Waals surface area contributed by atoms with E-state index in [0.717, 1.165) is 16.0 Å². The SMILES string of the molecule is Cc1ccc(-c2ccc(N)c(NC(=O)c3ccc(S)cc3)c2)cc1. The highest BCUT2D eigenvalue weighted by atomic mass is 32.1. The Morgan fingerprint density at radius 1 is 0.917 bits per heavy atom. The molecule has 0 heterocycles. The van der Waals surface area contributed by atoms with Gasteiger partial charge in [0.1, 0.15) is 0 Å². The van der Waals surface area contributed by atoms with Gasteiger partial charge in [0.05, 0.1) is 11.4 Å². The van der Waals surface area contributed by atoms with Gasteiger partial charge < -0.3 is 11.1 Å². The second-order valence-corrected chi connectivity index (χ2v) is 6.19. The Bertz CT molecular complexity index is 871. The van der Waals surface area contributed by atoms with Gasteiger partial charge in [0.15, 0.2) is 0 Å². The zero-order valence-corrected chi connectivity index (χ0v) is 14.2. The lowest BCUT2D eigenvalue weighted by molar-refractivity contribution is 0.102. The van der Waals surface area contributed by atoms with Crippen LogP contribution in [-0.4, -0.2) is 5.91 Å². The first-order valence-corrected chi connectivity index (χ1v) is 8.04. The Morgan fingerprint density at radius 3 is 2.21 bits per heavy atom. The summed E-state index contributed by atoms with van der Waals surface area (Å²) in [5.41, 5.74) is 11.0. The normalized spacial score (nSPS) is 10.4. The van der Waals surface area contributed by atoms with E-state index in [0.29, 0.717) is 16.9 Å². The van der Waals surface area contributed by atoms with Crippen LogP contribution in [0.3, 0.4) is 0 Å². The summed E-state index contributed by atoms with van der Waals surface area (Å²) in [5.74, 6) is -0.198. The van der Waals surface area contributed by atoms with Gasteiger partial charge >= 0.3 is 0 Å². The molecule has 0 aliphatic rings. The number of thiol groups is 1. The molecule has 4 heteroatoms. The highest BCUT2D eigenvalue weighted by Crippen LogP contribution is 2.28. The third-order valence-electron chi connectivity index (χ3n) is 3.82. The van der Waals surface area contributed by atoms with Crippen molar-refractivity contribution in [2.24, 2.45) is 0 Å². The van der Waals surface area contributed by atoms with Gasteiger partial charge in [0.25, 0.3) is 5.91 Å². The summed E-state index contributed by atoms with van der Waals surface area (Å²) < 4.78 is 0. The minimum Gasteiger partial charge on any atom is -0.397 e. The fourth-order valence-electron chi connectivity index (χ4n) is 2.40. The summed E-state index contributed by atoms with van der Waals surface area (Å²) in [6, 6.07) is 20.9. The lowest BCUT2D eigenvalue weighted by Crippen LogP contribution is -2.13. The number of hydrogen-bond donors (Lipinski definition) is 3. The highest BCUT2D eigenvalue weighted by molar-refractivity contribution is 7.80. The van der Waals surface area contributed by atoms with Crippen molar-refractivity contribution in [1.29, 1.82) is 0 Å². The predicted octanol–water partition coefficient (Wildman–Crippen LogP) is 4.79. The fraction of sp³-hybridized carbons (Fsp3) is 0.0500. The minimum atomic E-state index is -0.198. The van der Waals surface area contributed by atoms with Gasteiger partial charge in [-0.2, -0.15) is 0 Å². The molecule has 0 aliphatic carbocycles. The van der Waals surface area contributed by atoms with Crippen molar-refractivity contribution < 1.29 is 4.79 Å². The monoisotopic (exact) mass is 334 g/mol. The molecule has 24 heavy (non-hydrogen) atoms. The number of nitrogens with one attached hydrogen (secondary N) is 1. The van der Waals surface area contributed by atoms with E-state index in [2.05, 4.69) is 49.1 Å². The molecule has 3 N–H and O–H groups in total. The quantitative estimate of drug-likeness (QED) is 0.477. The third-order valence-corrected chi connectivity index (χ3v) is 4.11. The topological polar surface area (TPSA) is 55.1 Å². The Balaban J connectivity index is 1.87. The summed E-state index contributed by atoms with van der Waals surface area (Å²) in [6.45, 7) is 2.05. The lowest BCUT2D eigenvalue weighted by Gasteiger charge is -2.11. The first-order valence-electron chi connectivity index (χ1n) is 7.60. The van der Waals surface area contributed by atoms with Gasteiger partial charge in [-0.15, -0.1) is 12.6 Å². The zero-order valence-electron chi connectivity index (χ0n) is 13.3. The molecule has 3 aromatic rings. The zero-order chi connectivity index (χ0) is 17.1. The van der Waals surface area contributed by atoms with Crippen molar-refractivity contribution >= 4 is 29.9 Å². The summed E-state index contributed by atoms with van der Waals surface area (Å²) in [4.78, 5) is 13.2. The Labute approximate surface area is 146 Å². The summed E-state index contributed by atoms with van der Waals surface area (Å²) >= 11 is 4.22. The van der Waals surface area contributed by atoms with Gasteiger partial charge in [-0.05, 0) is 54.4 Å². The average molecular weight is 334 g/mol. The van der Waals surface area contributed by atoms with Gasteiger partial charge in [0.2, 0.25) is 0 Å². The van der Waals surface area contributed by atoms with E-state index in [1.807, 2.05) is 18.2 Å². The maximum absolute atomic E-state index is 12.4. The highest BCUT2D eigenvalue weighted by Gasteiger charge is 2.09. The Hall–Kier alpha value is -2.72. The molecule has 0 saturated heterocycles. The van der Waals surface area contributed by atoms with Crippen LogP contribution in [0.2, 0.25) is 0 Å².